The van der Waals surface area contributed by atoms with Crippen molar-refractivity contribution in [2.24, 2.45) is 0 Å². The van der Waals surface area contributed by atoms with E-state index in [1.807, 2.05) is 36.4 Å². The monoisotopic (exact) mass is 426 g/mol. The van der Waals surface area contributed by atoms with Gasteiger partial charge in [0.2, 0.25) is 0 Å². The first kappa shape index (κ1) is 20.0. The molecule has 150 valence electrons. The first-order chi connectivity index (χ1) is 14.1. The summed E-state index contributed by atoms with van der Waals surface area (Å²) >= 11 is 7.82. The fourth-order valence-corrected chi connectivity index (χ4v) is 5.31. The number of carbonyl (C=O) groups is 2. The van der Waals surface area contributed by atoms with Gasteiger partial charge in [-0.2, -0.15) is 0 Å². The van der Waals surface area contributed by atoms with E-state index in [-0.39, 0.29) is 11.8 Å². The predicted molar refractivity (Wildman–Crippen MR) is 119 cm³/mol. The summed E-state index contributed by atoms with van der Waals surface area (Å²) < 4.78 is 0. The molecule has 4 rings (SSSR count). The molecule has 0 radical (unpaired) electrons. The standard InChI is InChI=1S/C23H23ClN2O2S/c24-18-6-2-1-5-17(18)14-25-22(27)16-11-9-15(10-12-16)13-21-23(28)26-19-7-3-4-8-20(19)29-21/h1-2,5-6,9-13,19-20H,3-4,7-8,14H2,(H,25,27)(H,26,28)/b21-13+. The van der Waals surface area contributed by atoms with Gasteiger partial charge in [0.15, 0.2) is 0 Å². The van der Waals surface area contributed by atoms with Crippen LogP contribution in [0.25, 0.3) is 6.08 Å². The Kier molecular flexibility index (Phi) is 6.26. The molecule has 2 fully saturated rings. The molecule has 2 atom stereocenters. The van der Waals surface area contributed by atoms with Crippen molar-refractivity contribution in [3.8, 4) is 0 Å². The van der Waals surface area contributed by atoms with Gasteiger partial charge in [0.1, 0.15) is 0 Å². The van der Waals surface area contributed by atoms with Gasteiger partial charge >= 0.3 is 0 Å². The third-order valence-corrected chi connectivity index (χ3v) is 7.18. The molecule has 2 unspecified atom stereocenters. The van der Waals surface area contributed by atoms with Gasteiger partial charge < -0.3 is 10.6 Å². The van der Waals surface area contributed by atoms with Crippen LogP contribution in [0.4, 0.5) is 0 Å². The third kappa shape index (κ3) is 4.85. The molecule has 2 amide bonds. The van der Waals surface area contributed by atoms with Gasteiger partial charge in [-0.15, -0.1) is 11.8 Å². The smallest absolute Gasteiger partial charge is 0.257 e. The summed E-state index contributed by atoms with van der Waals surface area (Å²) in [5, 5.41) is 7.15. The maximum Gasteiger partial charge on any atom is 0.257 e. The van der Waals surface area contributed by atoms with E-state index >= 15 is 0 Å². The highest BCUT2D eigenvalue weighted by Gasteiger charge is 2.34. The highest BCUT2D eigenvalue weighted by atomic mass is 35.5. The highest BCUT2D eigenvalue weighted by molar-refractivity contribution is 8.04. The molecule has 2 aromatic rings. The van der Waals surface area contributed by atoms with Crippen molar-refractivity contribution in [1.29, 1.82) is 0 Å². The SMILES string of the molecule is O=C1NC2CCCCC2S/C1=C/c1ccc(C(=O)NCc2ccccc2Cl)cc1. The van der Waals surface area contributed by atoms with Crippen molar-refractivity contribution in [1.82, 2.24) is 10.6 Å². The lowest BCUT2D eigenvalue weighted by molar-refractivity contribution is -0.117. The van der Waals surface area contributed by atoms with Crippen molar-refractivity contribution in [3.05, 3.63) is 75.1 Å². The van der Waals surface area contributed by atoms with Crippen LogP contribution in [-0.2, 0) is 11.3 Å². The number of thioether (sulfide) groups is 1. The van der Waals surface area contributed by atoms with Gasteiger partial charge in [0.05, 0.1) is 4.91 Å². The largest absolute Gasteiger partial charge is 0.348 e. The van der Waals surface area contributed by atoms with Crippen LogP contribution in [0.5, 0.6) is 0 Å². The number of hydrogen-bond donors (Lipinski definition) is 2. The molecule has 0 bridgehead atoms. The van der Waals surface area contributed by atoms with E-state index in [1.54, 1.807) is 30.0 Å². The Morgan fingerprint density at radius 1 is 1.14 bits per heavy atom. The van der Waals surface area contributed by atoms with E-state index in [9.17, 15) is 9.59 Å². The zero-order valence-electron chi connectivity index (χ0n) is 16.0. The third-order valence-electron chi connectivity index (χ3n) is 5.39. The molecule has 1 aliphatic carbocycles. The molecule has 29 heavy (non-hydrogen) atoms. The number of fused-ring (bicyclic) bond motifs is 1. The first-order valence-electron chi connectivity index (χ1n) is 9.91. The summed E-state index contributed by atoms with van der Waals surface area (Å²) in [6.45, 7) is 0.379. The summed E-state index contributed by atoms with van der Waals surface area (Å²) in [5.74, 6) is -0.140. The molecule has 1 aliphatic heterocycles. The van der Waals surface area contributed by atoms with E-state index in [1.165, 1.54) is 12.8 Å². The summed E-state index contributed by atoms with van der Waals surface area (Å²) in [7, 11) is 0. The van der Waals surface area contributed by atoms with E-state index < -0.39 is 0 Å². The molecular weight excluding hydrogens is 404 g/mol. The van der Waals surface area contributed by atoms with Crippen LogP contribution in [0, 0.1) is 0 Å². The van der Waals surface area contributed by atoms with Crippen LogP contribution in [0.1, 0.15) is 47.2 Å². The molecule has 2 aliphatic rings. The van der Waals surface area contributed by atoms with Gasteiger partial charge in [-0.1, -0.05) is 54.8 Å². The molecule has 2 aromatic carbocycles. The fourth-order valence-electron chi connectivity index (χ4n) is 3.76. The predicted octanol–water partition coefficient (Wildman–Crippen LogP) is 4.79. The van der Waals surface area contributed by atoms with Crippen LogP contribution in [0.3, 0.4) is 0 Å². The molecule has 1 saturated carbocycles. The molecule has 6 heteroatoms. The number of benzene rings is 2. The van der Waals surface area contributed by atoms with Crippen molar-refractivity contribution < 1.29 is 9.59 Å². The fraction of sp³-hybridized carbons (Fsp3) is 0.304. The number of hydrogen-bond acceptors (Lipinski definition) is 3. The Bertz CT molecular complexity index is 942. The molecule has 4 nitrogen and oxygen atoms in total. The van der Waals surface area contributed by atoms with Gasteiger partial charge in [-0.05, 0) is 48.2 Å². The van der Waals surface area contributed by atoms with Crippen LogP contribution in [0.2, 0.25) is 5.02 Å². The zero-order chi connectivity index (χ0) is 20.2. The van der Waals surface area contributed by atoms with Crippen molar-refractivity contribution in [2.45, 2.75) is 43.5 Å². The van der Waals surface area contributed by atoms with Crippen molar-refractivity contribution >= 4 is 41.3 Å². The number of carbonyl (C=O) groups excluding carboxylic acids is 2. The second-order valence-electron chi connectivity index (χ2n) is 7.43. The molecule has 0 spiro atoms. The number of halogens is 1. The topological polar surface area (TPSA) is 58.2 Å². The Labute approximate surface area is 180 Å². The number of amides is 2. The molecular formula is C23H23ClN2O2S. The molecule has 1 saturated heterocycles. The second-order valence-corrected chi connectivity index (χ2v) is 9.11. The summed E-state index contributed by atoms with van der Waals surface area (Å²) in [5.41, 5.74) is 2.37. The maximum atomic E-state index is 12.4. The lowest BCUT2D eigenvalue weighted by atomic mass is 9.94. The first-order valence-corrected chi connectivity index (χ1v) is 11.2. The average Bonchev–Trinajstić information content (AvgIpc) is 2.74. The quantitative estimate of drug-likeness (QED) is 0.691. The van der Waals surface area contributed by atoms with Gasteiger partial charge in [0.25, 0.3) is 11.8 Å². The van der Waals surface area contributed by atoms with Gasteiger partial charge in [0, 0.05) is 28.4 Å². The van der Waals surface area contributed by atoms with E-state index in [2.05, 4.69) is 10.6 Å². The van der Waals surface area contributed by atoms with Crippen LogP contribution < -0.4 is 10.6 Å². The van der Waals surface area contributed by atoms with Crippen LogP contribution in [-0.4, -0.2) is 23.1 Å². The van der Waals surface area contributed by atoms with E-state index in [0.29, 0.717) is 28.4 Å². The van der Waals surface area contributed by atoms with E-state index in [4.69, 9.17) is 11.6 Å². The number of nitrogens with one attached hydrogen (secondary N) is 2. The Balaban J connectivity index is 1.39. The van der Waals surface area contributed by atoms with E-state index in [0.717, 1.165) is 28.9 Å². The van der Waals surface area contributed by atoms with Gasteiger partial charge in [-0.3, -0.25) is 9.59 Å². The second kappa shape index (κ2) is 9.06. The van der Waals surface area contributed by atoms with Crippen molar-refractivity contribution in [2.75, 3.05) is 0 Å². The molecule has 1 heterocycles. The average molecular weight is 427 g/mol. The lowest BCUT2D eigenvalue weighted by Crippen LogP contribution is -2.48. The Hall–Kier alpha value is -2.24. The summed E-state index contributed by atoms with van der Waals surface area (Å²) in [6, 6.07) is 15.1. The number of rotatable bonds is 4. The highest BCUT2D eigenvalue weighted by Crippen LogP contribution is 2.37. The minimum atomic E-state index is -0.154. The summed E-state index contributed by atoms with van der Waals surface area (Å²) in [4.78, 5) is 25.6. The minimum absolute atomic E-state index is 0.0136. The molecule has 0 aromatic heterocycles. The Morgan fingerprint density at radius 3 is 2.69 bits per heavy atom. The Morgan fingerprint density at radius 2 is 1.90 bits per heavy atom. The zero-order valence-corrected chi connectivity index (χ0v) is 17.6. The normalized spacial score (nSPS) is 22.7. The minimum Gasteiger partial charge on any atom is -0.348 e. The van der Waals surface area contributed by atoms with Crippen LogP contribution in [0.15, 0.2) is 53.4 Å². The van der Waals surface area contributed by atoms with Gasteiger partial charge in [-0.25, -0.2) is 0 Å². The molecule has 2 N–H and O–H groups in total. The maximum absolute atomic E-state index is 12.4. The van der Waals surface area contributed by atoms with Crippen molar-refractivity contribution in [3.63, 3.8) is 0 Å². The van der Waals surface area contributed by atoms with Crippen LogP contribution >= 0.6 is 23.4 Å². The lowest BCUT2D eigenvalue weighted by Gasteiger charge is -2.36. The summed E-state index contributed by atoms with van der Waals surface area (Å²) in [6.07, 6.45) is 6.57.